The van der Waals surface area contributed by atoms with E-state index in [1.165, 1.54) is 11.8 Å². The van der Waals surface area contributed by atoms with Crippen LogP contribution in [0.4, 0.5) is 5.69 Å². The van der Waals surface area contributed by atoms with Crippen molar-refractivity contribution in [2.45, 2.75) is 40.6 Å². The van der Waals surface area contributed by atoms with Gasteiger partial charge in [-0.25, -0.2) is 0 Å². The first-order chi connectivity index (χ1) is 12.7. The molecule has 0 saturated heterocycles. The van der Waals surface area contributed by atoms with Gasteiger partial charge in [-0.2, -0.15) is 0 Å². The summed E-state index contributed by atoms with van der Waals surface area (Å²) in [6.07, 6.45) is 1.68. The SMILES string of the molecule is CCn1cnnc1S[C@@H](C)C(=O)Nc1ccccc1Sc1ccccc1. The van der Waals surface area contributed by atoms with E-state index in [1.807, 2.05) is 60.9 Å². The summed E-state index contributed by atoms with van der Waals surface area (Å²) in [5, 5.41) is 11.5. The molecule has 1 aromatic heterocycles. The number of aryl methyl sites for hydroxylation is 1. The number of thioether (sulfide) groups is 1. The van der Waals surface area contributed by atoms with Crippen molar-refractivity contribution < 1.29 is 4.79 Å². The van der Waals surface area contributed by atoms with Crippen LogP contribution in [0.15, 0.2) is 75.9 Å². The zero-order chi connectivity index (χ0) is 18.4. The largest absolute Gasteiger partial charge is 0.324 e. The average molecular weight is 385 g/mol. The van der Waals surface area contributed by atoms with Crippen molar-refractivity contribution in [1.29, 1.82) is 0 Å². The summed E-state index contributed by atoms with van der Waals surface area (Å²) in [5.74, 6) is -0.0539. The molecule has 0 radical (unpaired) electrons. The standard InChI is InChI=1S/C19H20N4OS2/c1-3-23-13-20-22-19(23)25-14(2)18(24)21-16-11-7-8-12-17(16)26-15-9-5-4-6-10-15/h4-14H,3H2,1-2H3,(H,21,24)/t14-/m0/s1. The Morgan fingerprint density at radius 1 is 1.15 bits per heavy atom. The molecule has 0 aliphatic heterocycles. The monoisotopic (exact) mass is 384 g/mol. The van der Waals surface area contributed by atoms with Gasteiger partial charge in [-0.15, -0.1) is 10.2 Å². The van der Waals surface area contributed by atoms with E-state index in [-0.39, 0.29) is 11.2 Å². The van der Waals surface area contributed by atoms with Crippen molar-refractivity contribution in [1.82, 2.24) is 14.8 Å². The van der Waals surface area contributed by atoms with Gasteiger partial charge in [-0.3, -0.25) is 4.79 Å². The quantitative estimate of drug-likeness (QED) is 0.605. The van der Waals surface area contributed by atoms with Gasteiger partial charge in [0.15, 0.2) is 5.16 Å². The summed E-state index contributed by atoms with van der Waals surface area (Å²) in [5.41, 5.74) is 0.816. The van der Waals surface area contributed by atoms with Crippen LogP contribution in [0.2, 0.25) is 0 Å². The lowest BCUT2D eigenvalue weighted by atomic mass is 10.3. The summed E-state index contributed by atoms with van der Waals surface area (Å²) in [6.45, 7) is 4.68. The van der Waals surface area contributed by atoms with Crippen LogP contribution in [0.1, 0.15) is 13.8 Å². The van der Waals surface area contributed by atoms with Crippen LogP contribution >= 0.6 is 23.5 Å². The van der Waals surface area contributed by atoms with Crippen molar-refractivity contribution in [3.8, 4) is 0 Å². The molecule has 2 aromatic carbocycles. The molecular formula is C19H20N4OS2. The number of amides is 1. The molecular weight excluding hydrogens is 364 g/mol. The van der Waals surface area contributed by atoms with E-state index in [4.69, 9.17) is 0 Å². The molecule has 5 nitrogen and oxygen atoms in total. The number of nitrogens with zero attached hydrogens (tertiary/aromatic N) is 3. The van der Waals surface area contributed by atoms with E-state index >= 15 is 0 Å². The Bertz CT molecular complexity index is 867. The predicted molar refractivity (Wildman–Crippen MR) is 107 cm³/mol. The molecule has 7 heteroatoms. The predicted octanol–water partition coefficient (Wildman–Crippen LogP) is 4.57. The van der Waals surface area contributed by atoms with Crippen LogP contribution in [-0.2, 0) is 11.3 Å². The number of nitrogens with one attached hydrogen (secondary N) is 1. The summed E-state index contributed by atoms with van der Waals surface area (Å²) in [6, 6.07) is 18.0. The van der Waals surface area contributed by atoms with Gasteiger partial charge in [0.05, 0.1) is 10.9 Å². The van der Waals surface area contributed by atoms with Crippen LogP contribution in [0, 0.1) is 0 Å². The smallest absolute Gasteiger partial charge is 0.237 e. The molecule has 134 valence electrons. The Morgan fingerprint density at radius 2 is 1.88 bits per heavy atom. The maximum Gasteiger partial charge on any atom is 0.237 e. The van der Waals surface area contributed by atoms with E-state index in [2.05, 4.69) is 27.6 Å². The third-order valence-corrected chi connectivity index (χ3v) is 5.87. The second kappa shape index (κ2) is 8.91. The number of carbonyl (C=O) groups excluding carboxylic acids is 1. The van der Waals surface area contributed by atoms with Crippen LogP contribution in [0.25, 0.3) is 0 Å². The number of carbonyl (C=O) groups is 1. The molecule has 0 bridgehead atoms. The molecule has 0 unspecified atom stereocenters. The van der Waals surface area contributed by atoms with Gasteiger partial charge in [-0.1, -0.05) is 53.9 Å². The third kappa shape index (κ3) is 4.68. The number of hydrogen-bond donors (Lipinski definition) is 1. The minimum absolute atomic E-state index is 0.0539. The highest BCUT2D eigenvalue weighted by Crippen LogP contribution is 2.33. The Labute approximate surface area is 161 Å². The van der Waals surface area contributed by atoms with E-state index in [0.29, 0.717) is 0 Å². The normalized spacial score (nSPS) is 11.9. The zero-order valence-electron chi connectivity index (χ0n) is 14.6. The Hall–Kier alpha value is -2.25. The topological polar surface area (TPSA) is 59.8 Å². The van der Waals surface area contributed by atoms with Gasteiger partial charge in [0.1, 0.15) is 6.33 Å². The fourth-order valence-electron chi connectivity index (χ4n) is 2.27. The van der Waals surface area contributed by atoms with Crippen molar-refractivity contribution in [2.24, 2.45) is 0 Å². The molecule has 0 aliphatic carbocycles. The number of rotatable bonds is 7. The first-order valence-electron chi connectivity index (χ1n) is 8.34. The van der Waals surface area contributed by atoms with Gasteiger partial charge in [0.25, 0.3) is 0 Å². The van der Waals surface area contributed by atoms with Crippen molar-refractivity contribution >= 4 is 35.1 Å². The lowest BCUT2D eigenvalue weighted by molar-refractivity contribution is -0.115. The van der Waals surface area contributed by atoms with Gasteiger partial charge in [0.2, 0.25) is 5.91 Å². The maximum absolute atomic E-state index is 12.6. The number of hydrogen-bond acceptors (Lipinski definition) is 5. The van der Waals surface area contributed by atoms with E-state index in [9.17, 15) is 4.79 Å². The lowest BCUT2D eigenvalue weighted by Crippen LogP contribution is -2.23. The number of benzene rings is 2. The molecule has 0 spiro atoms. The molecule has 0 saturated carbocycles. The molecule has 0 aliphatic rings. The summed E-state index contributed by atoms with van der Waals surface area (Å²) in [4.78, 5) is 14.8. The highest BCUT2D eigenvalue weighted by atomic mass is 32.2. The van der Waals surface area contributed by atoms with E-state index in [1.54, 1.807) is 18.1 Å². The van der Waals surface area contributed by atoms with E-state index in [0.717, 1.165) is 27.2 Å². The van der Waals surface area contributed by atoms with Crippen molar-refractivity contribution in [3.63, 3.8) is 0 Å². The van der Waals surface area contributed by atoms with E-state index < -0.39 is 0 Å². The Morgan fingerprint density at radius 3 is 2.65 bits per heavy atom. The van der Waals surface area contributed by atoms with Gasteiger partial charge < -0.3 is 9.88 Å². The van der Waals surface area contributed by atoms with Gasteiger partial charge in [-0.05, 0) is 38.1 Å². The highest BCUT2D eigenvalue weighted by molar-refractivity contribution is 8.00. The maximum atomic E-state index is 12.6. The zero-order valence-corrected chi connectivity index (χ0v) is 16.3. The Balaban J connectivity index is 1.69. The molecule has 26 heavy (non-hydrogen) atoms. The summed E-state index contributed by atoms with van der Waals surface area (Å²) >= 11 is 3.04. The molecule has 1 heterocycles. The first-order valence-corrected chi connectivity index (χ1v) is 10.0. The van der Waals surface area contributed by atoms with Crippen LogP contribution in [-0.4, -0.2) is 25.9 Å². The second-order valence-electron chi connectivity index (χ2n) is 5.56. The number of para-hydroxylation sites is 1. The summed E-state index contributed by atoms with van der Waals surface area (Å²) < 4.78 is 1.92. The van der Waals surface area contributed by atoms with Crippen molar-refractivity contribution in [3.05, 3.63) is 60.9 Å². The minimum atomic E-state index is -0.278. The lowest BCUT2D eigenvalue weighted by Gasteiger charge is -2.14. The van der Waals surface area contributed by atoms with Crippen LogP contribution in [0.3, 0.4) is 0 Å². The van der Waals surface area contributed by atoms with Crippen molar-refractivity contribution in [2.75, 3.05) is 5.32 Å². The van der Waals surface area contributed by atoms with Crippen LogP contribution in [0.5, 0.6) is 0 Å². The first kappa shape index (κ1) is 18.5. The minimum Gasteiger partial charge on any atom is -0.324 e. The third-order valence-electron chi connectivity index (χ3n) is 3.69. The fourth-order valence-corrected chi connectivity index (χ4v) is 4.08. The molecule has 1 N–H and O–H groups in total. The Kier molecular flexibility index (Phi) is 6.35. The number of aromatic nitrogens is 3. The second-order valence-corrected chi connectivity index (χ2v) is 7.98. The molecule has 0 fully saturated rings. The fraction of sp³-hybridized carbons (Fsp3) is 0.211. The van der Waals surface area contributed by atoms with Gasteiger partial charge in [0, 0.05) is 16.3 Å². The molecule has 3 aromatic rings. The highest BCUT2D eigenvalue weighted by Gasteiger charge is 2.18. The average Bonchev–Trinajstić information content (AvgIpc) is 3.11. The molecule has 1 amide bonds. The van der Waals surface area contributed by atoms with Crippen LogP contribution < -0.4 is 5.32 Å². The van der Waals surface area contributed by atoms with Gasteiger partial charge >= 0.3 is 0 Å². The summed E-state index contributed by atoms with van der Waals surface area (Å²) in [7, 11) is 0. The molecule has 1 atom stereocenters. The number of anilines is 1. The molecule has 3 rings (SSSR count).